The van der Waals surface area contributed by atoms with E-state index in [1.165, 1.54) is 4.68 Å². The van der Waals surface area contributed by atoms with E-state index >= 15 is 0 Å². The van der Waals surface area contributed by atoms with E-state index in [4.69, 9.17) is 5.11 Å². The second kappa shape index (κ2) is 4.99. The molecule has 0 atom stereocenters. The van der Waals surface area contributed by atoms with Crippen LogP contribution in [0.25, 0.3) is 0 Å². The van der Waals surface area contributed by atoms with Crippen molar-refractivity contribution in [2.24, 2.45) is 0 Å². The van der Waals surface area contributed by atoms with Gasteiger partial charge in [-0.05, 0) is 12.8 Å². The number of hydrogen-bond donors (Lipinski definition) is 1. The minimum absolute atomic E-state index is 0.0948. The van der Waals surface area contributed by atoms with Crippen LogP contribution in [0.2, 0.25) is 0 Å². The van der Waals surface area contributed by atoms with Crippen molar-refractivity contribution in [3.63, 3.8) is 0 Å². The van der Waals surface area contributed by atoms with Crippen LogP contribution in [0, 0.1) is 0 Å². The summed E-state index contributed by atoms with van der Waals surface area (Å²) < 4.78 is 1.33. The molecule has 0 aromatic carbocycles. The lowest BCUT2D eigenvalue weighted by atomic mass is 10.2. The third kappa shape index (κ3) is 2.83. The van der Waals surface area contributed by atoms with Crippen LogP contribution in [0.1, 0.15) is 25.7 Å². The van der Waals surface area contributed by atoms with Gasteiger partial charge in [0.25, 0.3) is 0 Å². The average molecular weight is 237 g/mol. The number of carboxylic acids is 1. The normalized spacial score (nSPS) is 16.9. The van der Waals surface area contributed by atoms with Crippen molar-refractivity contribution in [1.29, 1.82) is 0 Å². The molecule has 6 nitrogen and oxygen atoms in total. The molecule has 0 unspecified atom stereocenters. The number of hydrogen-bond acceptors (Lipinski definition) is 3. The maximum atomic E-state index is 11.8. The second-order valence-corrected chi connectivity index (χ2v) is 4.15. The van der Waals surface area contributed by atoms with Gasteiger partial charge in [0.05, 0.1) is 11.9 Å². The third-order valence-electron chi connectivity index (χ3n) is 2.80. The highest BCUT2D eigenvalue weighted by atomic mass is 16.4. The summed E-state index contributed by atoms with van der Waals surface area (Å²) >= 11 is 0. The number of rotatable bonds is 3. The zero-order valence-electron chi connectivity index (χ0n) is 9.50. The van der Waals surface area contributed by atoms with E-state index in [0.717, 1.165) is 19.3 Å². The molecule has 0 bridgehead atoms. The Morgan fingerprint density at radius 1 is 1.41 bits per heavy atom. The van der Waals surface area contributed by atoms with Crippen molar-refractivity contribution in [3.05, 3.63) is 12.4 Å². The molecule has 1 aliphatic heterocycles. The fourth-order valence-corrected chi connectivity index (χ4v) is 1.97. The molecule has 1 fully saturated rings. The fraction of sp³-hybridized carbons (Fsp3) is 0.545. The van der Waals surface area contributed by atoms with Gasteiger partial charge in [0.1, 0.15) is 6.54 Å². The summed E-state index contributed by atoms with van der Waals surface area (Å²) in [5.74, 6) is -0.848. The maximum absolute atomic E-state index is 11.8. The minimum atomic E-state index is -0.943. The van der Waals surface area contributed by atoms with Gasteiger partial charge in [-0.25, -0.2) is 0 Å². The van der Waals surface area contributed by atoms with E-state index in [2.05, 4.69) is 5.10 Å². The lowest BCUT2D eigenvalue weighted by Crippen LogP contribution is -2.29. The van der Waals surface area contributed by atoms with E-state index in [1.807, 2.05) is 0 Å². The van der Waals surface area contributed by atoms with Crippen molar-refractivity contribution >= 4 is 17.6 Å². The molecule has 6 heteroatoms. The monoisotopic (exact) mass is 237 g/mol. The van der Waals surface area contributed by atoms with Gasteiger partial charge in [0.15, 0.2) is 0 Å². The molecule has 1 amide bonds. The van der Waals surface area contributed by atoms with Crippen molar-refractivity contribution in [3.8, 4) is 0 Å². The van der Waals surface area contributed by atoms with Gasteiger partial charge in [0, 0.05) is 19.2 Å². The van der Waals surface area contributed by atoms with E-state index < -0.39 is 5.97 Å². The van der Waals surface area contributed by atoms with Gasteiger partial charge < -0.3 is 10.0 Å². The highest BCUT2D eigenvalue weighted by molar-refractivity contribution is 5.93. The number of aromatic nitrogens is 2. The van der Waals surface area contributed by atoms with E-state index in [-0.39, 0.29) is 12.5 Å². The molecule has 17 heavy (non-hydrogen) atoms. The Hall–Kier alpha value is -1.85. The third-order valence-corrected chi connectivity index (χ3v) is 2.80. The SMILES string of the molecule is O=C(O)Cn1cc(N2CCCCCC2=O)cn1. The highest BCUT2D eigenvalue weighted by Crippen LogP contribution is 2.19. The summed E-state index contributed by atoms with van der Waals surface area (Å²) in [6.07, 6.45) is 6.69. The molecular weight excluding hydrogens is 222 g/mol. The molecular formula is C11H15N3O3. The Kier molecular flexibility index (Phi) is 3.41. The van der Waals surface area contributed by atoms with Crippen LogP contribution >= 0.6 is 0 Å². The van der Waals surface area contributed by atoms with Gasteiger partial charge in [-0.3, -0.25) is 14.3 Å². The van der Waals surface area contributed by atoms with Gasteiger partial charge in [-0.1, -0.05) is 6.42 Å². The minimum Gasteiger partial charge on any atom is -0.480 e. The molecule has 2 rings (SSSR count). The first-order valence-electron chi connectivity index (χ1n) is 5.71. The molecule has 1 aromatic rings. The number of amides is 1. The standard InChI is InChI=1S/C11H15N3O3/c15-10-4-2-1-3-5-14(10)9-6-12-13(7-9)8-11(16)17/h6-7H,1-5,8H2,(H,16,17). The smallest absolute Gasteiger partial charge is 0.325 e. The second-order valence-electron chi connectivity index (χ2n) is 4.15. The van der Waals surface area contributed by atoms with Crippen LogP contribution in [-0.4, -0.2) is 33.3 Å². The molecule has 1 N–H and O–H groups in total. The Bertz CT molecular complexity index is 427. The van der Waals surface area contributed by atoms with E-state index in [0.29, 0.717) is 18.7 Å². The summed E-state index contributed by atoms with van der Waals surface area (Å²) in [5, 5.41) is 12.6. The topological polar surface area (TPSA) is 75.4 Å². The molecule has 1 aliphatic rings. The summed E-state index contributed by atoms with van der Waals surface area (Å²) in [6.45, 7) is 0.514. The molecule has 2 heterocycles. The van der Waals surface area contributed by atoms with Crippen LogP contribution in [-0.2, 0) is 16.1 Å². The molecule has 92 valence electrons. The number of anilines is 1. The predicted molar refractivity (Wildman–Crippen MR) is 60.7 cm³/mol. The van der Waals surface area contributed by atoms with Crippen LogP contribution in [0.4, 0.5) is 5.69 Å². The van der Waals surface area contributed by atoms with Crippen molar-refractivity contribution in [2.45, 2.75) is 32.2 Å². The Labute approximate surface area is 98.8 Å². The summed E-state index contributed by atoms with van der Waals surface area (Å²) in [5.41, 5.74) is 0.693. The fourth-order valence-electron chi connectivity index (χ4n) is 1.97. The average Bonchev–Trinajstić information content (AvgIpc) is 2.59. The molecule has 1 saturated heterocycles. The van der Waals surface area contributed by atoms with Crippen LogP contribution in [0.3, 0.4) is 0 Å². The van der Waals surface area contributed by atoms with Gasteiger partial charge in [-0.15, -0.1) is 0 Å². The first kappa shape index (κ1) is 11.6. The lowest BCUT2D eigenvalue weighted by Gasteiger charge is -2.17. The first-order valence-corrected chi connectivity index (χ1v) is 5.71. The highest BCUT2D eigenvalue weighted by Gasteiger charge is 2.19. The van der Waals surface area contributed by atoms with Crippen molar-refractivity contribution < 1.29 is 14.7 Å². The molecule has 0 aliphatic carbocycles. The largest absolute Gasteiger partial charge is 0.480 e. The van der Waals surface area contributed by atoms with E-state index in [1.54, 1.807) is 17.3 Å². The summed E-state index contributed by atoms with van der Waals surface area (Å²) in [4.78, 5) is 24.0. The Morgan fingerprint density at radius 2 is 2.24 bits per heavy atom. The number of carboxylic acid groups (broad SMARTS) is 1. The predicted octanol–water partition coefficient (Wildman–Crippen LogP) is 0.875. The Morgan fingerprint density at radius 3 is 3.00 bits per heavy atom. The van der Waals surface area contributed by atoms with Crippen LogP contribution in [0.5, 0.6) is 0 Å². The molecule has 0 saturated carbocycles. The number of aliphatic carboxylic acids is 1. The number of carbonyl (C=O) groups excluding carboxylic acids is 1. The number of carbonyl (C=O) groups is 2. The maximum Gasteiger partial charge on any atom is 0.325 e. The summed E-state index contributed by atoms with van der Waals surface area (Å²) in [6, 6.07) is 0. The van der Waals surface area contributed by atoms with Gasteiger partial charge in [-0.2, -0.15) is 5.10 Å². The zero-order valence-corrected chi connectivity index (χ0v) is 9.50. The molecule has 0 radical (unpaired) electrons. The summed E-state index contributed by atoms with van der Waals surface area (Å²) in [7, 11) is 0. The van der Waals surface area contributed by atoms with Gasteiger partial charge >= 0.3 is 5.97 Å². The van der Waals surface area contributed by atoms with Crippen LogP contribution < -0.4 is 4.90 Å². The lowest BCUT2D eigenvalue weighted by molar-refractivity contribution is -0.137. The Balaban J connectivity index is 2.12. The van der Waals surface area contributed by atoms with Crippen molar-refractivity contribution in [1.82, 2.24) is 9.78 Å². The quantitative estimate of drug-likeness (QED) is 0.846. The molecule has 0 spiro atoms. The number of nitrogens with zero attached hydrogens (tertiary/aromatic N) is 3. The van der Waals surface area contributed by atoms with Crippen molar-refractivity contribution in [2.75, 3.05) is 11.4 Å². The van der Waals surface area contributed by atoms with E-state index in [9.17, 15) is 9.59 Å². The first-order chi connectivity index (χ1) is 8.16. The zero-order chi connectivity index (χ0) is 12.3. The van der Waals surface area contributed by atoms with Gasteiger partial charge in [0.2, 0.25) is 5.91 Å². The molecule has 1 aromatic heterocycles. The van der Waals surface area contributed by atoms with Crippen LogP contribution in [0.15, 0.2) is 12.4 Å².